The lowest BCUT2D eigenvalue weighted by atomic mass is 10.4. The van der Waals surface area contributed by atoms with E-state index in [0.717, 1.165) is 21.2 Å². The Morgan fingerprint density at radius 1 is 1.53 bits per heavy atom. The molecule has 0 fully saturated rings. The molecule has 0 aliphatic carbocycles. The van der Waals surface area contributed by atoms with E-state index in [0.29, 0.717) is 0 Å². The number of rotatable bonds is 6. The Labute approximate surface area is 114 Å². The zero-order valence-corrected chi connectivity index (χ0v) is 11.9. The van der Waals surface area contributed by atoms with E-state index in [1.807, 2.05) is 0 Å². The van der Waals surface area contributed by atoms with Crippen molar-refractivity contribution in [1.82, 2.24) is 14.6 Å². The summed E-state index contributed by atoms with van der Waals surface area (Å²) < 4.78 is 24.8. The highest BCUT2D eigenvalue weighted by Crippen LogP contribution is 2.23. The van der Waals surface area contributed by atoms with Crippen LogP contribution in [0.2, 0.25) is 0 Å². The number of hydrogen-bond acceptors (Lipinski definition) is 6. The standard InChI is InChI=1S/C9H13N3O5S2/c1-10-6(13)3-4-12(2)19(16,17)9-7(8(14)15)11-5-18-9/h5H,3-4H2,1-2H3,(H,10,13)(H,14,15). The molecule has 19 heavy (non-hydrogen) atoms. The number of sulfonamides is 1. The summed E-state index contributed by atoms with van der Waals surface area (Å²) >= 11 is 0.731. The predicted molar refractivity (Wildman–Crippen MR) is 67.6 cm³/mol. The second-order valence-corrected chi connectivity index (χ2v) is 6.64. The molecule has 0 radical (unpaired) electrons. The van der Waals surface area contributed by atoms with Gasteiger partial charge in [-0.2, -0.15) is 4.31 Å². The molecule has 1 rings (SSSR count). The number of carbonyl (C=O) groups is 2. The molecule has 1 aromatic heterocycles. The van der Waals surface area contributed by atoms with Gasteiger partial charge in [-0.1, -0.05) is 0 Å². The molecule has 0 saturated carbocycles. The zero-order valence-electron chi connectivity index (χ0n) is 10.3. The Kier molecular flexibility index (Phi) is 4.97. The third-order valence-corrected chi connectivity index (χ3v) is 5.52. The van der Waals surface area contributed by atoms with Crippen molar-refractivity contribution >= 4 is 33.2 Å². The Bertz CT molecular complexity index is 580. The van der Waals surface area contributed by atoms with Gasteiger partial charge in [0.15, 0.2) is 9.90 Å². The van der Waals surface area contributed by atoms with E-state index in [1.54, 1.807) is 0 Å². The van der Waals surface area contributed by atoms with Crippen molar-refractivity contribution in [1.29, 1.82) is 0 Å². The summed E-state index contributed by atoms with van der Waals surface area (Å²) in [7, 11) is -1.22. The molecule has 8 nitrogen and oxygen atoms in total. The summed E-state index contributed by atoms with van der Waals surface area (Å²) in [5.74, 6) is -1.70. The monoisotopic (exact) mass is 307 g/mol. The van der Waals surface area contributed by atoms with Crippen LogP contribution in [0.5, 0.6) is 0 Å². The van der Waals surface area contributed by atoms with Crippen molar-refractivity contribution in [3.05, 3.63) is 11.2 Å². The number of carbonyl (C=O) groups excluding carboxylic acids is 1. The number of hydrogen-bond donors (Lipinski definition) is 2. The molecular weight excluding hydrogens is 294 g/mol. The van der Waals surface area contributed by atoms with Crippen LogP contribution in [0.15, 0.2) is 9.72 Å². The van der Waals surface area contributed by atoms with E-state index >= 15 is 0 Å². The van der Waals surface area contributed by atoms with Crippen LogP contribution in [0.1, 0.15) is 16.9 Å². The first kappa shape index (κ1) is 15.5. The molecule has 0 aromatic carbocycles. The summed E-state index contributed by atoms with van der Waals surface area (Å²) in [4.78, 5) is 25.4. The minimum absolute atomic E-state index is 0.00651. The molecule has 106 valence electrons. The van der Waals surface area contributed by atoms with Crippen molar-refractivity contribution in [2.45, 2.75) is 10.6 Å². The summed E-state index contributed by atoms with van der Waals surface area (Å²) in [6.45, 7) is -0.0427. The van der Waals surface area contributed by atoms with Crippen LogP contribution >= 0.6 is 11.3 Å². The molecule has 0 spiro atoms. The van der Waals surface area contributed by atoms with Crippen LogP contribution in [-0.4, -0.2) is 55.3 Å². The van der Waals surface area contributed by atoms with Gasteiger partial charge in [-0.15, -0.1) is 11.3 Å². The molecule has 10 heteroatoms. The number of amides is 1. The molecule has 2 N–H and O–H groups in total. The number of aromatic carboxylic acids is 1. The van der Waals surface area contributed by atoms with Gasteiger partial charge >= 0.3 is 5.97 Å². The minimum atomic E-state index is -3.95. The molecular formula is C9H13N3O5S2. The third-order valence-electron chi connectivity index (χ3n) is 2.31. The number of nitrogens with zero attached hydrogens (tertiary/aromatic N) is 2. The van der Waals surface area contributed by atoms with E-state index in [4.69, 9.17) is 5.11 Å². The van der Waals surface area contributed by atoms with Gasteiger partial charge in [-0.3, -0.25) is 4.79 Å². The van der Waals surface area contributed by atoms with Crippen molar-refractivity contribution in [3.63, 3.8) is 0 Å². The normalized spacial score (nSPS) is 11.5. The number of thiazole rings is 1. The van der Waals surface area contributed by atoms with Gasteiger partial charge < -0.3 is 10.4 Å². The van der Waals surface area contributed by atoms with Gasteiger partial charge in [0, 0.05) is 27.1 Å². The fraction of sp³-hybridized carbons (Fsp3) is 0.444. The Morgan fingerprint density at radius 2 is 2.16 bits per heavy atom. The minimum Gasteiger partial charge on any atom is -0.476 e. The average molecular weight is 307 g/mol. The average Bonchev–Trinajstić information content (AvgIpc) is 2.85. The summed E-state index contributed by atoms with van der Waals surface area (Å²) in [6, 6.07) is 0. The molecule has 1 aromatic rings. The Morgan fingerprint density at radius 3 is 2.68 bits per heavy atom. The maximum Gasteiger partial charge on any atom is 0.356 e. The fourth-order valence-electron chi connectivity index (χ4n) is 1.21. The molecule has 1 heterocycles. The van der Waals surface area contributed by atoms with E-state index < -0.39 is 21.7 Å². The maximum absolute atomic E-state index is 12.1. The number of carboxylic acid groups (broad SMARTS) is 1. The van der Waals surface area contributed by atoms with Crippen molar-refractivity contribution in [3.8, 4) is 0 Å². The van der Waals surface area contributed by atoms with Crippen LogP contribution in [0, 0.1) is 0 Å². The molecule has 0 saturated heterocycles. The van der Waals surface area contributed by atoms with Gasteiger partial charge in [0.05, 0.1) is 5.51 Å². The zero-order chi connectivity index (χ0) is 14.6. The molecule has 0 atom stereocenters. The highest BCUT2D eigenvalue weighted by molar-refractivity contribution is 7.91. The van der Waals surface area contributed by atoms with Crippen molar-refractivity contribution in [2.75, 3.05) is 20.6 Å². The van der Waals surface area contributed by atoms with Crippen LogP contribution in [0.3, 0.4) is 0 Å². The summed E-state index contributed by atoms with van der Waals surface area (Å²) in [5.41, 5.74) is 0.653. The Balaban J connectivity index is 2.94. The largest absolute Gasteiger partial charge is 0.476 e. The summed E-state index contributed by atoms with van der Waals surface area (Å²) in [6.07, 6.45) is -0.00651. The van der Waals surface area contributed by atoms with Gasteiger partial charge in [0.25, 0.3) is 10.0 Å². The highest BCUT2D eigenvalue weighted by Gasteiger charge is 2.29. The van der Waals surface area contributed by atoms with Gasteiger partial charge in [0.2, 0.25) is 5.91 Å². The second-order valence-electron chi connectivity index (χ2n) is 3.54. The number of nitrogens with one attached hydrogen (secondary N) is 1. The second kappa shape index (κ2) is 6.08. The molecule has 0 bridgehead atoms. The van der Waals surface area contributed by atoms with Crippen molar-refractivity contribution < 1.29 is 23.1 Å². The number of aromatic nitrogens is 1. The van der Waals surface area contributed by atoms with Crippen LogP contribution in [0.25, 0.3) is 0 Å². The SMILES string of the molecule is CNC(=O)CCN(C)S(=O)(=O)c1scnc1C(=O)O. The van der Waals surface area contributed by atoms with E-state index in [9.17, 15) is 18.0 Å². The smallest absolute Gasteiger partial charge is 0.356 e. The molecule has 0 aliphatic rings. The van der Waals surface area contributed by atoms with Crippen LogP contribution < -0.4 is 5.32 Å². The molecule has 0 aliphatic heterocycles. The topological polar surface area (TPSA) is 117 Å². The van der Waals surface area contributed by atoms with E-state index in [-0.39, 0.29) is 23.1 Å². The first-order valence-corrected chi connectivity index (χ1v) is 7.46. The first-order chi connectivity index (χ1) is 8.80. The van der Waals surface area contributed by atoms with Gasteiger partial charge in [-0.05, 0) is 0 Å². The van der Waals surface area contributed by atoms with Crippen LogP contribution in [-0.2, 0) is 14.8 Å². The van der Waals surface area contributed by atoms with Crippen molar-refractivity contribution in [2.24, 2.45) is 0 Å². The van der Waals surface area contributed by atoms with E-state index in [1.165, 1.54) is 14.1 Å². The lowest BCUT2D eigenvalue weighted by Crippen LogP contribution is -2.31. The number of carboxylic acids is 1. The maximum atomic E-state index is 12.1. The van der Waals surface area contributed by atoms with Gasteiger partial charge in [-0.25, -0.2) is 18.2 Å². The first-order valence-electron chi connectivity index (χ1n) is 5.14. The van der Waals surface area contributed by atoms with Crippen LogP contribution in [0.4, 0.5) is 0 Å². The highest BCUT2D eigenvalue weighted by atomic mass is 32.2. The predicted octanol–water partition coefficient (Wildman–Crippen LogP) is -0.402. The van der Waals surface area contributed by atoms with E-state index in [2.05, 4.69) is 10.3 Å². The summed E-state index contributed by atoms with van der Waals surface area (Å²) in [5, 5.41) is 11.2. The lowest BCUT2D eigenvalue weighted by Gasteiger charge is -2.15. The molecule has 0 unspecified atom stereocenters. The third kappa shape index (κ3) is 3.49. The molecule has 1 amide bonds. The fourth-order valence-corrected chi connectivity index (χ4v) is 3.71. The Hall–Kier alpha value is -1.52. The quantitative estimate of drug-likeness (QED) is 0.738. The lowest BCUT2D eigenvalue weighted by molar-refractivity contribution is -0.120. The van der Waals surface area contributed by atoms with Gasteiger partial charge in [0.1, 0.15) is 0 Å².